The van der Waals surface area contributed by atoms with Gasteiger partial charge in [-0.05, 0) is 62.6 Å². The van der Waals surface area contributed by atoms with Crippen LogP contribution in [0, 0.1) is 16.7 Å². The third kappa shape index (κ3) is 1.77. The van der Waals surface area contributed by atoms with E-state index in [4.69, 9.17) is 9.47 Å². The normalized spacial score (nSPS) is 44.9. The van der Waals surface area contributed by atoms with Crippen LogP contribution in [0.3, 0.4) is 0 Å². The van der Waals surface area contributed by atoms with Gasteiger partial charge in [-0.3, -0.25) is 0 Å². The van der Waals surface area contributed by atoms with E-state index >= 15 is 0 Å². The molecular weight excluding hydrogens is 378 g/mol. The van der Waals surface area contributed by atoms with Gasteiger partial charge in [-0.2, -0.15) is 0 Å². The molecule has 7 atom stereocenters. The van der Waals surface area contributed by atoms with Gasteiger partial charge < -0.3 is 25.0 Å². The second kappa shape index (κ2) is 5.36. The molecule has 0 aromatic heterocycles. The Balaban J connectivity index is 1.65. The predicted molar refractivity (Wildman–Crippen MR) is 114 cm³/mol. The van der Waals surface area contributed by atoms with E-state index < -0.39 is 11.2 Å². The quantitative estimate of drug-likeness (QED) is 0.694. The molecular formula is C25H35NO4. The Bertz CT molecular complexity index is 936. The number of phenols is 1. The number of rotatable bonds is 2. The molecule has 0 amide bonds. The number of benzene rings is 1. The molecule has 7 rings (SSSR count). The average Bonchev–Trinajstić information content (AvgIpc) is 3.05. The minimum Gasteiger partial charge on any atom is -0.504 e. The summed E-state index contributed by atoms with van der Waals surface area (Å²) in [6.45, 7) is 9.33. The number of hydrogen-bond donors (Lipinski definition) is 3. The zero-order valence-corrected chi connectivity index (χ0v) is 18.8. The molecule has 5 nitrogen and oxygen atoms in total. The molecule has 0 radical (unpaired) electrons. The monoisotopic (exact) mass is 413 g/mol. The van der Waals surface area contributed by atoms with Crippen molar-refractivity contribution in [1.29, 1.82) is 0 Å². The van der Waals surface area contributed by atoms with Crippen molar-refractivity contribution in [2.24, 2.45) is 16.7 Å². The highest BCUT2D eigenvalue weighted by Crippen LogP contribution is 2.77. The number of hydrogen-bond acceptors (Lipinski definition) is 5. The van der Waals surface area contributed by atoms with Crippen LogP contribution >= 0.6 is 0 Å². The molecule has 4 bridgehead atoms. The summed E-state index contributed by atoms with van der Waals surface area (Å²) >= 11 is 0. The zero-order valence-electron chi connectivity index (χ0n) is 18.8. The van der Waals surface area contributed by atoms with E-state index in [9.17, 15) is 10.2 Å². The topological polar surface area (TPSA) is 71.0 Å². The lowest BCUT2D eigenvalue weighted by molar-refractivity contribution is -0.303. The molecule has 4 fully saturated rings. The highest BCUT2D eigenvalue weighted by atomic mass is 16.6. The average molecular weight is 414 g/mol. The van der Waals surface area contributed by atoms with Crippen molar-refractivity contribution < 1.29 is 19.7 Å². The van der Waals surface area contributed by atoms with Crippen molar-refractivity contribution >= 4 is 0 Å². The Kier molecular flexibility index (Phi) is 3.46. The van der Waals surface area contributed by atoms with Gasteiger partial charge in [-0.1, -0.05) is 26.8 Å². The van der Waals surface area contributed by atoms with E-state index in [2.05, 4.69) is 32.2 Å². The molecule has 1 aromatic carbocycles. The molecule has 5 heteroatoms. The van der Waals surface area contributed by atoms with E-state index in [-0.39, 0.29) is 34.0 Å². The van der Waals surface area contributed by atoms with Crippen molar-refractivity contribution in [2.45, 2.75) is 88.6 Å². The Labute approximate surface area is 179 Å². The minimum absolute atomic E-state index is 0.0160. The van der Waals surface area contributed by atoms with Crippen molar-refractivity contribution in [3.63, 3.8) is 0 Å². The molecule has 1 saturated heterocycles. The summed E-state index contributed by atoms with van der Waals surface area (Å²) in [5.41, 5.74) is 0.658. The van der Waals surface area contributed by atoms with Gasteiger partial charge in [0.2, 0.25) is 0 Å². The van der Waals surface area contributed by atoms with Gasteiger partial charge >= 0.3 is 0 Å². The Morgan fingerprint density at radius 2 is 1.93 bits per heavy atom. The number of ether oxygens (including phenoxy) is 2. The molecule has 2 heterocycles. The molecule has 1 aromatic rings. The van der Waals surface area contributed by atoms with E-state index in [0.29, 0.717) is 11.8 Å². The van der Waals surface area contributed by atoms with E-state index in [1.54, 1.807) is 13.2 Å². The molecule has 3 saturated carbocycles. The lowest BCUT2D eigenvalue weighted by Gasteiger charge is -2.74. The summed E-state index contributed by atoms with van der Waals surface area (Å²) in [7, 11) is 1.80. The SMILES string of the molecule is CO[C@@]12CC[C@@]3(C[C@@H]1[C@](C)(O)C(C)(C)C)[C@H]1Cc4ccc(O)c5c4[C@@]3(CCN1)[C@H]2O5. The van der Waals surface area contributed by atoms with Gasteiger partial charge in [0.15, 0.2) is 11.5 Å². The van der Waals surface area contributed by atoms with Gasteiger partial charge in [0.25, 0.3) is 0 Å². The number of aromatic hydroxyl groups is 1. The third-order valence-electron chi connectivity index (χ3n) is 10.4. The van der Waals surface area contributed by atoms with Crippen LogP contribution in [0.1, 0.15) is 64.5 Å². The molecule has 164 valence electrons. The van der Waals surface area contributed by atoms with E-state index in [1.807, 2.05) is 6.92 Å². The molecule has 4 aliphatic carbocycles. The number of piperidine rings is 1. The van der Waals surface area contributed by atoms with E-state index in [1.165, 1.54) is 11.1 Å². The molecule has 2 spiro atoms. The van der Waals surface area contributed by atoms with Gasteiger partial charge in [-0.25, -0.2) is 0 Å². The van der Waals surface area contributed by atoms with Gasteiger partial charge in [-0.15, -0.1) is 0 Å². The fourth-order valence-corrected chi connectivity index (χ4v) is 8.53. The number of methoxy groups -OCH3 is 1. The van der Waals surface area contributed by atoms with Crippen LogP contribution in [0.5, 0.6) is 11.5 Å². The second-order valence-corrected chi connectivity index (χ2v) is 11.8. The Morgan fingerprint density at radius 3 is 2.63 bits per heavy atom. The number of nitrogens with one attached hydrogen (secondary N) is 1. The van der Waals surface area contributed by atoms with Gasteiger partial charge in [0.1, 0.15) is 11.7 Å². The summed E-state index contributed by atoms with van der Waals surface area (Å²) in [5, 5.41) is 26.6. The number of phenolic OH excluding ortho intramolecular Hbond substituents is 1. The van der Waals surface area contributed by atoms with Crippen LogP contribution in [-0.2, 0) is 16.6 Å². The van der Waals surface area contributed by atoms with Crippen LogP contribution in [0.15, 0.2) is 12.1 Å². The fraction of sp³-hybridized carbons (Fsp3) is 0.760. The summed E-state index contributed by atoms with van der Waals surface area (Å²) in [6.07, 6.45) is 4.66. The molecule has 30 heavy (non-hydrogen) atoms. The van der Waals surface area contributed by atoms with Crippen LogP contribution in [0.4, 0.5) is 0 Å². The highest BCUT2D eigenvalue weighted by Gasteiger charge is 2.81. The first-order valence-electron chi connectivity index (χ1n) is 11.6. The lowest BCUT2D eigenvalue weighted by Crippen LogP contribution is -2.83. The maximum Gasteiger partial charge on any atom is 0.165 e. The second-order valence-electron chi connectivity index (χ2n) is 11.8. The predicted octanol–water partition coefficient (Wildman–Crippen LogP) is 3.29. The highest BCUT2D eigenvalue weighted by molar-refractivity contribution is 5.63. The summed E-state index contributed by atoms with van der Waals surface area (Å²) in [6, 6.07) is 4.26. The molecule has 0 unspecified atom stereocenters. The first kappa shape index (κ1) is 19.4. The van der Waals surface area contributed by atoms with Crippen LogP contribution in [0.2, 0.25) is 0 Å². The fourth-order valence-electron chi connectivity index (χ4n) is 8.53. The van der Waals surface area contributed by atoms with E-state index in [0.717, 1.165) is 38.6 Å². The summed E-state index contributed by atoms with van der Waals surface area (Å²) in [5.74, 6) is 0.887. The minimum atomic E-state index is -0.910. The summed E-state index contributed by atoms with van der Waals surface area (Å²) < 4.78 is 13.2. The first-order chi connectivity index (χ1) is 14.1. The van der Waals surface area contributed by atoms with Crippen molar-refractivity contribution in [3.05, 3.63) is 23.3 Å². The summed E-state index contributed by atoms with van der Waals surface area (Å²) in [4.78, 5) is 0. The number of fused-ring (bicyclic) bond motifs is 2. The largest absolute Gasteiger partial charge is 0.504 e. The Morgan fingerprint density at radius 1 is 1.17 bits per heavy atom. The Hall–Kier alpha value is -1.30. The molecule has 6 aliphatic rings. The van der Waals surface area contributed by atoms with Gasteiger partial charge in [0, 0.05) is 35.5 Å². The van der Waals surface area contributed by atoms with Crippen LogP contribution in [0.25, 0.3) is 0 Å². The van der Waals surface area contributed by atoms with Crippen molar-refractivity contribution in [2.75, 3.05) is 13.7 Å². The standard InChI is InChI=1S/C25H35NO4/c1-21(2,3)22(4,28)16-13-23-8-9-25(16,29-5)20-24(23)10-11-26-17(23)12-14-6-7-15(27)19(30-20)18(14)24/h6-7,16-17,20,26-28H,8-13H2,1-5H3/t16-,17-,20-,22+,23-,24+,25+/m1/s1. The van der Waals surface area contributed by atoms with Gasteiger partial charge in [0.05, 0.1) is 5.60 Å². The maximum absolute atomic E-state index is 12.0. The molecule has 3 N–H and O–H groups in total. The van der Waals surface area contributed by atoms with Crippen molar-refractivity contribution in [3.8, 4) is 11.5 Å². The van der Waals surface area contributed by atoms with Crippen LogP contribution in [-0.4, -0.2) is 47.2 Å². The number of aliphatic hydroxyl groups is 1. The molecule has 2 aliphatic heterocycles. The lowest BCUT2D eigenvalue weighted by atomic mass is 9.33. The van der Waals surface area contributed by atoms with Crippen LogP contribution < -0.4 is 10.1 Å². The smallest absolute Gasteiger partial charge is 0.165 e. The maximum atomic E-state index is 12.0. The van der Waals surface area contributed by atoms with Crippen molar-refractivity contribution in [1.82, 2.24) is 5.32 Å². The first-order valence-corrected chi connectivity index (χ1v) is 11.6. The third-order valence-corrected chi connectivity index (χ3v) is 10.4. The zero-order chi connectivity index (χ0) is 21.3.